The van der Waals surface area contributed by atoms with E-state index in [2.05, 4.69) is 20.9 Å². The van der Waals surface area contributed by atoms with Crippen molar-refractivity contribution < 1.29 is 33.4 Å². The average molecular weight is 538 g/mol. The van der Waals surface area contributed by atoms with Gasteiger partial charge >= 0.3 is 12.1 Å². The van der Waals surface area contributed by atoms with Gasteiger partial charge in [-0.15, -0.1) is 11.3 Å². The molecule has 1 unspecified atom stereocenters. The summed E-state index contributed by atoms with van der Waals surface area (Å²) in [6.45, 7) is 4.05. The van der Waals surface area contributed by atoms with E-state index in [1.165, 1.54) is 12.1 Å². The number of carbonyl (C=O) groups is 3. The van der Waals surface area contributed by atoms with E-state index in [1.807, 2.05) is 0 Å². The van der Waals surface area contributed by atoms with Crippen LogP contribution >= 0.6 is 11.3 Å². The third-order valence-corrected chi connectivity index (χ3v) is 6.78. The minimum atomic E-state index is -1.08. The third-order valence-electron chi connectivity index (χ3n) is 5.59. The second-order valence-electron chi connectivity index (χ2n) is 8.42. The van der Waals surface area contributed by atoms with Crippen molar-refractivity contribution in [2.75, 3.05) is 57.9 Å². The van der Waals surface area contributed by atoms with Gasteiger partial charge in [-0.2, -0.15) is 0 Å². The van der Waals surface area contributed by atoms with Crippen LogP contribution in [0.1, 0.15) is 22.5 Å². The van der Waals surface area contributed by atoms with Crippen molar-refractivity contribution in [1.29, 1.82) is 0 Å². The van der Waals surface area contributed by atoms with E-state index in [0.717, 1.165) is 30.7 Å². The summed E-state index contributed by atoms with van der Waals surface area (Å²) in [5.41, 5.74) is 6.18. The first-order valence-electron chi connectivity index (χ1n) is 11.9. The van der Waals surface area contributed by atoms with Crippen molar-refractivity contribution in [3.63, 3.8) is 0 Å². The quantitative estimate of drug-likeness (QED) is 0.246. The summed E-state index contributed by atoms with van der Waals surface area (Å²) in [7, 11) is 0. The Morgan fingerprint density at radius 3 is 2.68 bits per heavy atom. The molecule has 4 amide bonds. The predicted octanol–water partition coefficient (Wildman–Crippen LogP) is 2.54. The number of halogens is 1. The molecule has 6 N–H and O–H groups in total. The molecule has 1 aromatic carbocycles. The number of likely N-dealkylation sites (tertiary alicyclic amines) is 1. The number of hydrogen-bond acceptors (Lipinski definition) is 7. The van der Waals surface area contributed by atoms with Crippen molar-refractivity contribution in [3.8, 4) is 10.4 Å². The van der Waals surface area contributed by atoms with Crippen LogP contribution < -0.4 is 21.7 Å². The van der Waals surface area contributed by atoms with E-state index in [1.54, 1.807) is 18.2 Å². The Bertz CT molecular complexity index is 1070. The van der Waals surface area contributed by atoms with Gasteiger partial charge in [0, 0.05) is 30.6 Å². The molecule has 13 heteroatoms. The van der Waals surface area contributed by atoms with Crippen LogP contribution in [0.3, 0.4) is 0 Å². The molecule has 0 spiro atoms. The average Bonchev–Trinajstić information content (AvgIpc) is 3.26. The number of benzene rings is 1. The van der Waals surface area contributed by atoms with E-state index in [0.29, 0.717) is 48.2 Å². The number of anilines is 1. The maximum absolute atomic E-state index is 13.7. The maximum atomic E-state index is 13.7. The minimum absolute atomic E-state index is 0.0764. The Morgan fingerprint density at radius 1 is 1.16 bits per heavy atom. The van der Waals surface area contributed by atoms with Gasteiger partial charge in [0.2, 0.25) is 0 Å². The fraction of sp³-hybridized carbons (Fsp3) is 0.458. The molecule has 11 nitrogen and oxygen atoms in total. The number of nitrogens with two attached hydrogens (primary N) is 1. The van der Waals surface area contributed by atoms with Crippen LogP contribution in [0.2, 0.25) is 0 Å². The Morgan fingerprint density at radius 2 is 1.95 bits per heavy atom. The molecular weight excluding hydrogens is 505 g/mol. The molecular formula is C24H32FN5O6S. The molecule has 1 aliphatic heterocycles. The number of carboxylic acid groups (broad SMARTS) is 1. The number of urea groups is 1. The van der Waals surface area contributed by atoms with E-state index < -0.39 is 17.9 Å². The lowest BCUT2D eigenvalue weighted by Gasteiger charge is -2.33. The third kappa shape index (κ3) is 9.61. The fourth-order valence-corrected chi connectivity index (χ4v) is 4.96. The highest BCUT2D eigenvalue weighted by Crippen LogP contribution is 2.35. The Kier molecular flexibility index (Phi) is 11.1. The van der Waals surface area contributed by atoms with Crippen LogP contribution in [-0.4, -0.2) is 86.7 Å². The summed E-state index contributed by atoms with van der Waals surface area (Å²) >= 11 is 1.16. The lowest BCUT2D eigenvalue weighted by molar-refractivity contribution is 0.0358. The first kappa shape index (κ1) is 28.3. The van der Waals surface area contributed by atoms with Crippen LogP contribution in [0.5, 0.6) is 0 Å². The molecule has 1 atom stereocenters. The van der Waals surface area contributed by atoms with Crippen molar-refractivity contribution >= 4 is 35.1 Å². The van der Waals surface area contributed by atoms with Gasteiger partial charge in [-0.3, -0.25) is 9.69 Å². The predicted molar refractivity (Wildman–Crippen MR) is 138 cm³/mol. The van der Waals surface area contributed by atoms with Gasteiger partial charge in [0.15, 0.2) is 0 Å². The highest BCUT2D eigenvalue weighted by Gasteiger charge is 2.25. The van der Waals surface area contributed by atoms with Crippen molar-refractivity contribution in [2.45, 2.75) is 18.9 Å². The monoisotopic (exact) mass is 537 g/mol. The highest BCUT2D eigenvalue weighted by molar-refractivity contribution is 7.18. The summed E-state index contributed by atoms with van der Waals surface area (Å²) in [4.78, 5) is 38.1. The number of ether oxygens (including phenoxy) is 2. The number of nitrogens with one attached hydrogen (secondary N) is 3. The summed E-state index contributed by atoms with van der Waals surface area (Å²) in [5.74, 6) is -0.720. The summed E-state index contributed by atoms with van der Waals surface area (Å²) < 4.78 is 24.6. The highest BCUT2D eigenvalue weighted by atomic mass is 32.1. The smallest absolute Gasteiger partial charge is 0.404 e. The van der Waals surface area contributed by atoms with Gasteiger partial charge in [-0.25, -0.2) is 14.0 Å². The summed E-state index contributed by atoms with van der Waals surface area (Å²) in [5, 5.41) is 16.2. The molecule has 1 aliphatic rings. The first-order chi connectivity index (χ1) is 17.8. The molecule has 0 saturated carbocycles. The van der Waals surface area contributed by atoms with Gasteiger partial charge in [-0.05, 0) is 43.1 Å². The van der Waals surface area contributed by atoms with Gasteiger partial charge < -0.3 is 36.3 Å². The largest absolute Gasteiger partial charge is 0.465 e. The number of carbonyl (C=O) groups excluding carboxylic acids is 2. The van der Waals surface area contributed by atoms with E-state index >= 15 is 0 Å². The molecule has 0 bridgehead atoms. The number of rotatable bonds is 13. The van der Waals surface area contributed by atoms with Gasteiger partial charge in [0.1, 0.15) is 10.7 Å². The minimum Gasteiger partial charge on any atom is -0.465 e. The zero-order chi connectivity index (χ0) is 26.6. The number of hydrogen-bond donors (Lipinski definition) is 5. The SMILES string of the molecule is NC(=O)Nc1cc(-c2cccc(F)c2)sc1C(=O)NC1CCCN(CCOCCOCCNC(=O)O)C1. The molecule has 202 valence electrons. The van der Waals surface area contributed by atoms with Gasteiger partial charge in [0.05, 0.1) is 32.1 Å². The summed E-state index contributed by atoms with van der Waals surface area (Å²) in [6.07, 6.45) is 0.653. The second-order valence-corrected chi connectivity index (χ2v) is 9.48. The molecule has 2 heterocycles. The Balaban J connectivity index is 1.47. The van der Waals surface area contributed by atoms with Crippen LogP contribution in [0.15, 0.2) is 30.3 Å². The number of primary amides is 1. The van der Waals surface area contributed by atoms with Crippen molar-refractivity contribution in [2.24, 2.45) is 5.73 Å². The normalized spacial score (nSPS) is 15.8. The lowest BCUT2D eigenvalue weighted by Crippen LogP contribution is -2.48. The van der Waals surface area contributed by atoms with Crippen LogP contribution in [0.25, 0.3) is 10.4 Å². The lowest BCUT2D eigenvalue weighted by atomic mass is 10.1. The number of piperidine rings is 1. The second kappa shape index (κ2) is 14.5. The molecule has 0 aliphatic carbocycles. The Hall–Kier alpha value is -3.26. The van der Waals surface area contributed by atoms with Gasteiger partial charge in [0.25, 0.3) is 5.91 Å². The standard InChI is InChI=1S/C24H32FN5O6S/c25-17-4-1-3-16(13-17)20-14-19(29-23(26)32)21(37-20)22(31)28-18-5-2-7-30(15-18)8-10-36-12-11-35-9-6-27-24(33)34/h1,3-4,13-14,18,27H,2,5-12,15H2,(H,28,31)(H,33,34)(H3,26,29,32). The van der Waals surface area contributed by atoms with Crippen molar-refractivity contribution in [1.82, 2.24) is 15.5 Å². The maximum Gasteiger partial charge on any atom is 0.404 e. The number of thiophene rings is 1. The zero-order valence-corrected chi connectivity index (χ0v) is 21.2. The first-order valence-corrected chi connectivity index (χ1v) is 12.7. The van der Waals surface area contributed by atoms with Crippen molar-refractivity contribution in [3.05, 3.63) is 41.0 Å². The molecule has 0 radical (unpaired) electrons. The molecule has 1 saturated heterocycles. The van der Waals surface area contributed by atoms with E-state index in [4.69, 9.17) is 20.3 Å². The number of amides is 4. The molecule has 37 heavy (non-hydrogen) atoms. The molecule has 3 rings (SSSR count). The topological polar surface area (TPSA) is 155 Å². The number of nitrogens with zero attached hydrogens (tertiary/aromatic N) is 1. The summed E-state index contributed by atoms with van der Waals surface area (Å²) in [6, 6.07) is 6.77. The zero-order valence-electron chi connectivity index (χ0n) is 20.3. The van der Waals surface area contributed by atoms with E-state index in [9.17, 15) is 18.8 Å². The van der Waals surface area contributed by atoms with Gasteiger partial charge in [-0.1, -0.05) is 12.1 Å². The van der Waals surface area contributed by atoms with E-state index in [-0.39, 0.29) is 30.8 Å². The molecule has 1 fully saturated rings. The molecule has 1 aromatic heterocycles. The van der Waals surface area contributed by atoms with Crippen LogP contribution in [0, 0.1) is 5.82 Å². The Labute approximate surface area is 218 Å². The van der Waals surface area contributed by atoms with Crippen LogP contribution in [-0.2, 0) is 9.47 Å². The fourth-order valence-electron chi connectivity index (χ4n) is 3.94. The van der Waals surface area contributed by atoms with Crippen LogP contribution in [0.4, 0.5) is 19.7 Å². The molecule has 2 aromatic rings.